The zero-order chi connectivity index (χ0) is 13.8. The minimum absolute atomic E-state index is 0.105. The van der Waals surface area contributed by atoms with Crippen LogP contribution in [0.2, 0.25) is 0 Å². The van der Waals surface area contributed by atoms with Crippen molar-refractivity contribution in [1.29, 1.82) is 0 Å². The molecule has 0 saturated heterocycles. The average molecular weight is 284 g/mol. The van der Waals surface area contributed by atoms with Crippen molar-refractivity contribution in [2.24, 2.45) is 0 Å². The van der Waals surface area contributed by atoms with E-state index in [2.05, 4.69) is 9.97 Å². The van der Waals surface area contributed by atoms with E-state index in [1.165, 1.54) is 11.3 Å². The molecule has 4 nitrogen and oxygen atoms in total. The third-order valence-electron chi connectivity index (χ3n) is 2.26. The molecular weight excluding hydrogens is 274 g/mol. The predicted molar refractivity (Wildman–Crippen MR) is 66.3 cm³/mol. The van der Waals surface area contributed by atoms with Crippen LogP contribution in [-0.2, 0) is 4.74 Å². The van der Waals surface area contributed by atoms with Gasteiger partial charge in [0.25, 0.3) is 6.43 Å². The molecule has 2 heterocycles. The summed E-state index contributed by atoms with van der Waals surface area (Å²) in [4.78, 5) is 19.9. The molecule has 2 aromatic heterocycles. The van der Waals surface area contributed by atoms with E-state index in [0.29, 0.717) is 4.88 Å². The fourth-order valence-electron chi connectivity index (χ4n) is 1.45. The van der Waals surface area contributed by atoms with Gasteiger partial charge in [0.1, 0.15) is 11.3 Å². The number of carbonyl (C=O) groups excluding carboxylic acids is 1. The average Bonchev–Trinajstić information content (AvgIpc) is 2.92. The van der Waals surface area contributed by atoms with Gasteiger partial charge in [0.15, 0.2) is 5.82 Å². The Hall–Kier alpha value is -1.89. The van der Waals surface area contributed by atoms with Crippen LogP contribution in [0.5, 0.6) is 0 Å². The van der Waals surface area contributed by atoms with Gasteiger partial charge < -0.3 is 4.74 Å². The first-order valence-electron chi connectivity index (χ1n) is 5.49. The molecule has 0 spiro atoms. The van der Waals surface area contributed by atoms with Crippen LogP contribution < -0.4 is 0 Å². The van der Waals surface area contributed by atoms with Gasteiger partial charge in [0.2, 0.25) is 0 Å². The molecule has 0 atom stereocenters. The summed E-state index contributed by atoms with van der Waals surface area (Å²) in [7, 11) is 0. The molecule has 2 rings (SSSR count). The summed E-state index contributed by atoms with van der Waals surface area (Å²) in [6, 6.07) is 3.49. The van der Waals surface area contributed by atoms with E-state index in [1.807, 2.05) is 0 Å². The summed E-state index contributed by atoms with van der Waals surface area (Å²) in [5.41, 5.74) is -0.894. The van der Waals surface area contributed by atoms with Crippen LogP contribution in [-0.4, -0.2) is 22.5 Å². The van der Waals surface area contributed by atoms with Gasteiger partial charge in [0.05, 0.1) is 11.5 Å². The van der Waals surface area contributed by atoms with Gasteiger partial charge in [-0.25, -0.2) is 23.5 Å². The number of hydrogen-bond acceptors (Lipinski definition) is 5. The lowest BCUT2D eigenvalue weighted by atomic mass is 10.2. The topological polar surface area (TPSA) is 52.1 Å². The number of alkyl halides is 2. The zero-order valence-corrected chi connectivity index (χ0v) is 10.8. The first-order valence-corrected chi connectivity index (χ1v) is 6.37. The highest BCUT2D eigenvalue weighted by Gasteiger charge is 2.23. The molecule has 0 bridgehead atoms. The Morgan fingerprint density at radius 2 is 2.32 bits per heavy atom. The Bertz CT molecular complexity index is 573. The van der Waals surface area contributed by atoms with Crippen LogP contribution in [0.15, 0.2) is 23.7 Å². The Morgan fingerprint density at radius 3 is 2.89 bits per heavy atom. The Morgan fingerprint density at radius 1 is 1.53 bits per heavy atom. The van der Waals surface area contributed by atoms with Crippen LogP contribution >= 0.6 is 11.3 Å². The lowest BCUT2D eigenvalue weighted by molar-refractivity contribution is 0.0513. The molecule has 0 aromatic carbocycles. The van der Waals surface area contributed by atoms with E-state index in [4.69, 9.17) is 4.74 Å². The minimum atomic E-state index is -2.86. The van der Waals surface area contributed by atoms with Gasteiger partial charge in [-0.1, -0.05) is 6.07 Å². The van der Waals surface area contributed by atoms with E-state index >= 15 is 0 Å². The highest BCUT2D eigenvalue weighted by atomic mass is 32.1. The van der Waals surface area contributed by atoms with Crippen LogP contribution in [0.3, 0.4) is 0 Å². The molecule has 0 aliphatic heterocycles. The number of aromatic nitrogens is 2. The van der Waals surface area contributed by atoms with Gasteiger partial charge in [0, 0.05) is 6.20 Å². The normalized spacial score (nSPS) is 10.7. The zero-order valence-electron chi connectivity index (χ0n) is 9.97. The number of rotatable bonds is 4. The number of nitrogens with zero attached hydrogens (tertiary/aromatic N) is 2. The van der Waals surface area contributed by atoms with Crippen molar-refractivity contribution in [3.8, 4) is 10.7 Å². The number of esters is 1. The maximum atomic E-state index is 13.0. The number of halogens is 2. The van der Waals surface area contributed by atoms with Gasteiger partial charge in [-0.15, -0.1) is 11.3 Å². The largest absolute Gasteiger partial charge is 0.462 e. The summed E-state index contributed by atoms with van der Waals surface area (Å²) >= 11 is 1.33. The predicted octanol–water partition coefficient (Wildman–Crippen LogP) is 3.32. The first kappa shape index (κ1) is 13.5. The molecular formula is C12H10F2N2O2S. The van der Waals surface area contributed by atoms with Crippen molar-refractivity contribution in [2.75, 3.05) is 6.61 Å². The first-order chi connectivity index (χ1) is 9.13. The summed E-state index contributed by atoms with van der Waals surface area (Å²) in [5, 5.41) is 1.79. The van der Waals surface area contributed by atoms with E-state index < -0.39 is 18.1 Å². The molecule has 2 aromatic rings. The Balaban J connectivity index is 2.44. The molecule has 19 heavy (non-hydrogen) atoms. The van der Waals surface area contributed by atoms with Crippen molar-refractivity contribution in [2.45, 2.75) is 13.3 Å². The quantitative estimate of drug-likeness (QED) is 0.808. The maximum absolute atomic E-state index is 13.0. The fourth-order valence-corrected chi connectivity index (χ4v) is 2.12. The molecule has 0 amide bonds. The standard InChI is InChI=1S/C12H10F2N2O2S/c1-2-18-12(17)7-6-15-11(8-4-3-5-19-8)16-9(7)10(13)14/h3-6,10H,2H2,1H3. The molecule has 0 fully saturated rings. The summed E-state index contributed by atoms with van der Waals surface area (Å²) in [6.45, 7) is 1.70. The van der Waals surface area contributed by atoms with Gasteiger partial charge in [-0.3, -0.25) is 0 Å². The summed E-state index contributed by atoms with van der Waals surface area (Å²) < 4.78 is 30.6. The van der Waals surface area contributed by atoms with Crippen molar-refractivity contribution in [3.63, 3.8) is 0 Å². The smallest absolute Gasteiger partial charge is 0.341 e. The third-order valence-corrected chi connectivity index (χ3v) is 3.13. The van der Waals surface area contributed by atoms with Crippen LogP contribution in [0, 0.1) is 0 Å². The minimum Gasteiger partial charge on any atom is -0.462 e. The van der Waals surface area contributed by atoms with E-state index in [9.17, 15) is 13.6 Å². The molecule has 0 aliphatic rings. The number of hydrogen-bond donors (Lipinski definition) is 0. The highest BCUT2D eigenvalue weighted by molar-refractivity contribution is 7.13. The lowest BCUT2D eigenvalue weighted by Crippen LogP contribution is -2.11. The molecule has 0 aliphatic carbocycles. The Labute approximate surface area is 112 Å². The third kappa shape index (κ3) is 2.93. The molecule has 0 unspecified atom stereocenters. The fraction of sp³-hybridized carbons (Fsp3) is 0.250. The van der Waals surface area contributed by atoms with Gasteiger partial charge in [-0.2, -0.15) is 0 Å². The Kier molecular flexibility index (Phi) is 4.16. The second-order valence-electron chi connectivity index (χ2n) is 3.49. The highest BCUT2D eigenvalue weighted by Crippen LogP contribution is 2.26. The number of thiophene rings is 1. The number of ether oxygens (including phenoxy) is 1. The lowest BCUT2D eigenvalue weighted by Gasteiger charge is -2.08. The second kappa shape index (κ2) is 5.83. The van der Waals surface area contributed by atoms with Crippen molar-refractivity contribution in [1.82, 2.24) is 9.97 Å². The van der Waals surface area contributed by atoms with Gasteiger partial charge in [-0.05, 0) is 18.4 Å². The van der Waals surface area contributed by atoms with Crippen LogP contribution in [0.4, 0.5) is 8.78 Å². The summed E-state index contributed by atoms with van der Waals surface area (Å²) in [5.74, 6) is -0.658. The van der Waals surface area contributed by atoms with Crippen LogP contribution in [0.1, 0.15) is 29.4 Å². The summed E-state index contributed by atoms with van der Waals surface area (Å²) in [6.07, 6.45) is -1.78. The van der Waals surface area contributed by atoms with Crippen LogP contribution in [0.25, 0.3) is 10.7 Å². The number of carbonyl (C=O) groups is 1. The van der Waals surface area contributed by atoms with E-state index in [-0.39, 0.29) is 18.0 Å². The monoisotopic (exact) mass is 284 g/mol. The van der Waals surface area contributed by atoms with E-state index in [0.717, 1.165) is 6.20 Å². The molecule has 0 N–H and O–H groups in total. The van der Waals surface area contributed by atoms with Gasteiger partial charge >= 0.3 is 5.97 Å². The SMILES string of the molecule is CCOC(=O)c1cnc(-c2cccs2)nc1C(F)F. The molecule has 100 valence electrons. The van der Waals surface area contributed by atoms with Crippen molar-refractivity contribution in [3.05, 3.63) is 35.0 Å². The van der Waals surface area contributed by atoms with E-state index in [1.54, 1.807) is 24.4 Å². The second-order valence-corrected chi connectivity index (χ2v) is 4.44. The molecule has 0 saturated carbocycles. The maximum Gasteiger partial charge on any atom is 0.341 e. The van der Waals surface area contributed by atoms with Crippen molar-refractivity contribution >= 4 is 17.3 Å². The van der Waals surface area contributed by atoms with Crippen molar-refractivity contribution < 1.29 is 18.3 Å². The molecule has 0 radical (unpaired) electrons. The molecule has 7 heteroatoms.